The molecule has 2 N–H and O–H groups in total. The van der Waals surface area contributed by atoms with Gasteiger partial charge in [0.2, 0.25) is 17.4 Å². The zero-order chi connectivity index (χ0) is 29.9. The van der Waals surface area contributed by atoms with Crippen LogP contribution in [0, 0.1) is 0 Å². The van der Waals surface area contributed by atoms with Gasteiger partial charge in [0.25, 0.3) is 0 Å². The van der Waals surface area contributed by atoms with E-state index in [1.165, 1.54) is 35.2 Å². The number of nitrogens with one attached hydrogen (secondary N) is 2. The highest BCUT2D eigenvalue weighted by molar-refractivity contribution is 5.86. The molecule has 0 aromatic carbocycles. The number of ether oxygens (including phenoxy) is 2. The first kappa shape index (κ1) is 28.6. The van der Waals surface area contributed by atoms with Crippen LogP contribution >= 0.6 is 0 Å². The van der Waals surface area contributed by atoms with E-state index in [0.717, 1.165) is 0 Å². The van der Waals surface area contributed by atoms with Gasteiger partial charge in [0, 0.05) is 37.7 Å². The number of likely N-dealkylation sites (N-methyl/N-ethyl adjacent to an activating group) is 1. The minimum absolute atomic E-state index is 0.0224. The first-order valence-electron chi connectivity index (χ1n) is 12.6. The Morgan fingerprint density at radius 1 is 1.21 bits per heavy atom. The van der Waals surface area contributed by atoms with Gasteiger partial charge in [-0.2, -0.15) is 18.3 Å². The second-order valence-corrected chi connectivity index (χ2v) is 8.97. The molecular formula is C25H26F3N11O3. The van der Waals surface area contributed by atoms with Crippen molar-refractivity contribution in [2.75, 3.05) is 32.1 Å². The van der Waals surface area contributed by atoms with Gasteiger partial charge in [-0.25, -0.2) is 29.7 Å². The Morgan fingerprint density at radius 3 is 2.79 bits per heavy atom. The number of carbonyl (C=O) groups is 1. The number of nitrogens with zero attached hydrogens (tertiary/aromatic N) is 9. The molecule has 5 aromatic heterocycles. The summed E-state index contributed by atoms with van der Waals surface area (Å²) in [7, 11) is 3.35. The molecule has 0 aliphatic rings. The first-order chi connectivity index (χ1) is 20.2. The average molecular weight is 586 g/mol. The molecule has 1 unspecified atom stereocenters. The zero-order valence-corrected chi connectivity index (χ0v) is 22.7. The maximum absolute atomic E-state index is 13.2. The molecule has 5 aromatic rings. The summed E-state index contributed by atoms with van der Waals surface area (Å²) in [4.78, 5) is 35.1. The Bertz CT molecular complexity index is 1680. The molecule has 0 radical (unpaired) electrons. The largest absolute Gasteiger partial charge is 0.451 e. The van der Waals surface area contributed by atoms with Crippen LogP contribution in [0.5, 0.6) is 0 Å². The number of amides is 1. The summed E-state index contributed by atoms with van der Waals surface area (Å²) < 4.78 is 54.2. The van der Waals surface area contributed by atoms with Crippen LogP contribution in [-0.4, -0.2) is 77.4 Å². The third kappa shape index (κ3) is 5.77. The number of alkyl halides is 3. The maximum atomic E-state index is 13.2. The topological polar surface area (TPSA) is 153 Å². The standard InChI is InChI=1S/C25H26F3N11O3/c1-15(42-24(40)37(3)21-16(6-4-7-31-21)13-41-11-9-29-2)39-14-30-12-17(39)19-18(33-23-32-8-5-10-38(19)23)20-34-22(36-35-20)25(26,27)28/h4-8,10,12,14-15,29H,9,11,13H2,1-3H3,(H,34,35,36). The van der Waals surface area contributed by atoms with Crippen molar-refractivity contribution in [2.24, 2.45) is 0 Å². The van der Waals surface area contributed by atoms with E-state index < -0.39 is 24.3 Å². The van der Waals surface area contributed by atoms with Gasteiger partial charge in [0.1, 0.15) is 17.2 Å². The van der Waals surface area contributed by atoms with Crippen molar-refractivity contribution in [1.82, 2.24) is 49.4 Å². The lowest BCUT2D eigenvalue weighted by Crippen LogP contribution is -2.31. The van der Waals surface area contributed by atoms with Crippen molar-refractivity contribution in [1.29, 1.82) is 0 Å². The molecule has 5 rings (SSSR count). The normalized spacial score (nSPS) is 12.5. The molecule has 0 aliphatic carbocycles. The summed E-state index contributed by atoms with van der Waals surface area (Å²) >= 11 is 0. The van der Waals surface area contributed by atoms with Crippen LogP contribution in [0.15, 0.2) is 49.3 Å². The Balaban J connectivity index is 1.43. The summed E-state index contributed by atoms with van der Waals surface area (Å²) in [6.45, 7) is 3.01. The molecule has 14 nitrogen and oxygen atoms in total. The monoisotopic (exact) mass is 585 g/mol. The number of halogens is 3. The van der Waals surface area contributed by atoms with E-state index in [2.05, 4.69) is 35.3 Å². The van der Waals surface area contributed by atoms with E-state index in [-0.39, 0.29) is 23.9 Å². The number of imidazole rings is 2. The van der Waals surface area contributed by atoms with Crippen molar-refractivity contribution >= 4 is 17.7 Å². The number of fused-ring (bicyclic) bond motifs is 1. The van der Waals surface area contributed by atoms with E-state index in [4.69, 9.17) is 9.47 Å². The van der Waals surface area contributed by atoms with E-state index in [0.29, 0.717) is 35.9 Å². The highest BCUT2D eigenvalue weighted by Crippen LogP contribution is 2.34. The van der Waals surface area contributed by atoms with Crippen LogP contribution < -0.4 is 10.2 Å². The van der Waals surface area contributed by atoms with Gasteiger partial charge in [-0.05, 0) is 26.1 Å². The molecule has 5 heterocycles. The highest BCUT2D eigenvalue weighted by Gasteiger charge is 2.36. The molecule has 0 spiro atoms. The number of rotatable bonds is 10. The Kier molecular flexibility index (Phi) is 8.12. The number of aromatic nitrogens is 9. The van der Waals surface area contributed by atoms with E-state index in [1.807, 2.05) is 12.1 Å². The number of carbonyl (C=O) groups excluding carboxylic acids is 1. The number of pyridine rings is 1. The summed E-state index contributed by atoms with van der Waals surface area (Å²) in [5.41, 5.74) is 1.37. The van der Waals surface area contributed by atoms with E-state index in [1.54, 1.807) is 41.9 Å². The van der Waals surface area contributed by atoms with Crippen LogP contribution in [0.4, 0.5) is 23.8 Å². The number of H-pyrrole nitrogens is 1. The third-order valence-electron chi connectivity index (χ3n) is 6.15. The van der Waals surface area contributed by atoms with Crippen LogP contribution in [-0.2, 0) is 22.3 Å². The second-order valence-electron chi connectivity index (χ2n) is 8.97. The molecule has 0 saturated carbocycles. The molecular weight excluding hydrogens is 559 g/mol. The van der Waals surface area contributed by atoms with Gasteiger partial charge in [0.15, 0.2) is 6.23 Å². The fourth-order valence-corrected chi connectivity index (χ4v) is 4.13. The second kappa shape index (κ2) is 11.9. The molecule has 0 fully saturated rings. The number of anilines is 1. The van der Waals surface area contributed by atoms with Gasteiger partial charge in [-0.1, -0.05) is 6.07 Å². The lowest BCUT2D eigenvalue weighted by Gasteiger charge is -2.23. The smallest absolute Gasteiger partial charge is 0.425 e. The predicted octanol–water partition coefficient (Wildman–Crippen LogP) is 3.32. The first-order valence-corrected chi connectivity index (χ1v) is 12.6. The van der Waals surface area contributed by atoms with Crippen molar-refractivity contribution in [3.63, 3.8) is 0 Å². The highest BCUT2D eigenvalue weighted by atomic mass is 19.4. The van der Waals surface area contributed by atoms with Gasteiger partial charge >= 0.3 is 12.3 Å². The summed E-state index contributed by atoms with van der Waals surface area (Å²) in [6, 6.07) is 5.18. The Labute approximate surface area is 236 Å². The van der Waals surface area contributed by atoms with Gasteiger partial charge < -0.3 is 14.8 Å². The predicted molar refractivity (Wildman–Crippen MR) is 142 cm³/mol. The minimum atomic E-state index is -4.73. The third-order valence-corrected chi connectivity index (χ3v) is 6.15. The molecule has 220 valence electrons. The summed E-state index contributed by atoms with van der Waals surface area (Å²) in [5.74, 6) is -1.00. The van der Waals surface area contributed by atoms with Crippen LogP contribution in [0.1, 0.15) is 24.5 Å². The molecule has 0 aliphatic heterocycles. The van der Waals surface area contributed by atoms with Crippen molar-refractivity contribution in [3.05, 3.63) is 60.7 Å². The molecule has 0 saturated heterocycles. The van der Waals surface area contributed by atoms with Gasteiger partial charge in [0.05, 0.1) is 31.4 Å². The van der Waals surface area contributed by atoms with Crippen molar-refractivity contribution in [3.8, 4) is 22.9 Å². The maximum Gasteiger partial charge on any atom is 0.451 e. The lowest BCUT2D eigenvalue weighted by atomic mass is 10.2. The Hall–Kier alpha value is -4.90. The molecule has 42 heavy (non-hydrogen) atoms. The number of aromatic amines is 1. The molecule has 17 heteroatoms. The van der Waals surface area contributed by atoms with Crippen molar-refractivity contribution in [2.45, 2.75) is 25.9 Å². The van der Waals surface area contributed by atoms with Gasteiger partial charge in [-0.3, -0.25) is 19.0 Å². The SMILES string of the molecule is CNCCOCc1cccnc1N(C)C(=O)OC(C)n1cncc1-c1c(-c2n[nH]c(C(F)(F)F)n2)nc2ncccn12. The molecule has 1 atom stereocenters. The summed E-state index contributed by atoms with van der Waals surface area (Å²) in [6.07, 6.45) is 1.22. The number of hydrogen-bond acceptors (Lipinski definition) is 10. The van der Waals surface area contributed by atoms with Crippen LogP contribution in [0.2, 0.25) is 0 Å². The quantitative estimate of drug-likeness (QED) is 0.233. The van der Waals surface area contributed by atoms with Gasteiger partial charge in [-0.15, -0.1) is 0 Å². The fraction of sp³-hybridized carbons (Fsp3) is 0.320. The van der Waals surface area contributed by atoms with Crippen LogP contribution in [0.3, 0.4) is 0 Å². The molecule has 1 amide bonds. The Morgan fingerprint density at radius 2 is 2.02 bits per heavy atom. The summed E-state index contributed by atoms with van der Waals surface area (Å²) in [5, 5.41) is 8.63. The average Bonchev–Trinajstić information content (AvgIpc) is 3.73. The van der Waals surface area contributed by atoms with E-state index >= 15 is 0 Å². The minimum Gasteiger partial charge on any atom is -0.425 e. The fourth-order valence-electron chi connectivity index (χ4n) is 4.13. The lowest BCUT2D eigenvalue weighted by molar-refractivity contribution is -0.144. The zero-order valence-electron chi connectivity index (χ0n) is 22.7. The number of hydrogen-bond donors (Lipinski definition) is 2. The van der Waals surface area contributed by atoms with Crippen LogP contribution in [0.25, 0.3) is 28.7 Å². The van der Waals surface area contributed by atoms with Crippen molar-refractivity contribution < 1.29 is 27.4 Å². The van der Waals surface area contributed by atoms with E-state index in [9.17, 15) is 18.0 Å². The molecule has 0 bridgehead atoms.